The van der Waals surface area contributed by atoms with Crippen molar-refractivity contribution in [2.24, 2.45) is 17.8 Å². The molecule has 0 aromatic carbocycles. The van der Waals surface area contributed by atoms with Crippen LogP contribution in [-0.4, -0.2) is 24.3 Å². The van der Waals surface area contributed by atoms with E-state index in [0.29, 0.717) is 18.4 Å². The highest BCUT2D eigenvalue weighted by Crippen LogP contribution is 2.26. The molecule has 1 saturated heterocycles. The van der Waals surface area contributed by atoms with Gasteiger partial charge in [0.1, 0.15) is 0 Å². The number of aliphatic hydroxyl groups is 1. The first-order chi connectivity index (χ1) is 7.65. The molecule has 0 amide bonds. The molecule has 1 aliphatic heterocycles. The van der Waals surface area contributed by atoms with Crippen LogP contribution in [-0.2, 0) is 9.53 Å². The van der Waals surface area contributed by atoms with Crippen molar-refractivity contribution in [2.75, 3.05) is 13.2 Å². The molecule has 3 atom stereocenters. The Labute approximate surface area is 98.2 Å². The van der Waals surface area contributed by atoms with Crippen molar-refractivity contribution in [3.05, 3.63) is 0 Å². The SMILES string of the molecule is CC(CO)CCCCCC1C(=O)OCC1C. The predicted octanol–water partition coefficient (Wildman–Crippen LogP) is 2.37. The summed E-state index contributed by atoms with van der Waals surface area (Å²) in [4.78, 5) is 11.3. The van der Waals surface area contributed by atoms with Gasteiger partial charge in [-0.25, -0.2) is 0 Å². The Morgan fingerprint density at radius 1 is 1.44 bits per heavy atom. The lowest BCUT2D eigenvalue weighted by Crippen LogP contribution is -2.13. The van der Waals surface area contributed by atoms with E-state index in [1.54, 1.807) is 0 Å². The zero-order valence-corrected chi connectivity index (χ0v) is 10.4. The molecule has 94 valence electrons. The summed E-state index contributed by atoms with van der Waals surface area (Å²) in [5.41, 5.74) is 0. The number of hydrogen-bond acceptors (Lipinski definition) is 3. The van der Waals surface area contributed by atoms with Crippen LogP contribution < -0.4 is 0 Å². The van der Waals surface area contributed by atoms with Gasteiger partial charge in [0, 0.05) is 12.5 Å². The number of carbonyl (C=O) groups excluding carboxylic acids is 1. The van der Waals surface area contributed by atoms with Crippen molar-refractivity contribution in [1.29, 1.82) is 0 Å². The molecule has 0 aromatic heterocycles. The van der Waals surface area contributed by atoms with Crippen LogP contribution in [0.1, 0.15) is 46.0 Å². The van der Waals surface area contributed by atoms with E-state index in [0.717, 1.165) is 32.1 Å². The number of esters is 1. The lowest BCUT2D eigenvalue weighted by molar-refractivity contribution is -0.141. The fraction of sp³-hybridized carbons (Fsp3) is 0.923. The Balaban J connectivity index is 2.04. The number of hydrogen-bond donors (Lipinski definition) is 1. The molecule has 3 unspecified atom stereocenters. The van der Waals surface area contributed by atoms with E-state index >= 15 is 0 Å². The highest BCUT2D eigenvalue weighted by Gasteiger charge is 2.32. The zero-order valence-electron chi connectivity index (χ0n) is 10.4. The Kier molecular flexibility index (Phi) is 5.81. The van der Waals surface area contributed by atoms with Crippen LogP contribution in [0, 0.1) is 17.8 Å². The summed E-state index contributed by atoms with van der Waals surface area (Å²) >= 11 is 0. The second kappa shape index (κ2) is 6.89. The first-order valence-electron chi connectivity index (χ1n) is 6.42. The van der Waals surface area contributed by atoms with Gasteiger partial charge in [-0.15, -0.1) is 0 Å². The third-order valence-electron chi connectivity index (χ3n) is 3.50. The van der Waals surface area contributed by atoms with Crippen LogP contribution in [0.15, 0.2) is 0 Å². The second-order valence-corrected chi connectivity index (χ2v) is 5.14. The first-order valence-corrected chi connectivity index (χ1v) is 6.42. The van der Waals surface area contributed by atoms with E-state index in [1.165, 1.54) is 0 Å². The Bertz CT molecular complexity index is 215. The molecule has 0 aromatic rings. The molecule has 1 N–H and O–H groups in total. The van der Waals surface area contributed by atoms with E-state index in [1.807, 2.05) is 0 Å². The van der Waals surface area contributed by atoms with Crippen LogP contribution in [0.5, 0.6) is 0 Å². The van der Waals surface area contributed by atoms with Crippen molar-refractivity contribution in [3.63, 3.8) is 0 Å². The molecule has 1 fully saturated rings. The summed E-state index contributed by atoms with van der Waals surface area (Å²) in [7, 11) is 0. The number of unbranched alkanes of at least 4 members (excludes halogenated alkanes) is 2. The summed E-state index contributed by atoms with van der Waals surface area (Å²) in [6.07, 6.45) is 5.45. The third-order valence-corrected chi connectivity index (χ3v) is 3.50. The molecule has 3 heteroatoms. The van der Waals surface area contributed by atoms with Crippen molar-refractivity contribution in [2.45, 2.75) is 46.0 Å². The molecular formula is C13H24O3. The average molecular weight is 228 g/mol. The quantitative estimate of drug-likeness (QED) is 0.537. The maximum absolute atomic E-state index is 11.3. The van der Waals surface area contributed by atoms with Crippen molar-refractivity contribution >= 4 is 5.97 Å². The van der Waals surface area contributed by atoms with Crippen molar-refractivity contribution in [1.82, 2.24) is 0 Å². The maximum atomic E-state index is 11.3. The fourth-order valence-electron chi connectivity index (χ4n) is 2.20. The standard InChI is InChI=1S/C13H24O3/c1-10(8-14)6-4-3-5-7-12-11(2)9-16-13(12)15/h10-12,14H,3-9H2,1-2H3. The van der Waals surface area contributed by atoms with Gasteiger partial charge in [0.25, 0.3) is 0 Å². The predicted molar refractivity (Wildman–Crippen MR) is 62.9 cm³/mol. The Hall–Kier alpha value is -0.570. The van der Waals surface area contributed by atoms with Gasteiger partial charge in [-0.3, -0.25) is 4.79 Å². The van der Waals surface area contributed by atoms with Gasteiger partial charge in [0.15, 0.2) is 0 Å². The smallest absolute Gasteiger partial charge is 0.309 e. The first kappa shape index (κ1) is 13.5. The van der Waals surface area contributed by atoms with E-state index in [9.17, 15) is 4.79 Å². The molecule has 0 bridgehead atoms. The van der Waals surface area contributed by atoms with Gasteiger partial charge in [-0.2, -0.15) is 0 Å². The minimum absolute atomic E-state index is 0.00349. The molecule has 1 rings (SSSR count). The summed E-state index contributed by atoms with van der Waals surface area (Å²) in [6.45, 7) is 5.04. The van der Waals surface area contributed by atoms with Crippen LogP contribution in [0.2, 0.25) is 0 Å². The highest BCUT2D eigenvalue weighted by molar-refractivity contribution is 5.74. The van der Waals surface area contributed by atoms with Gasteiger partial charge in [-0.1, -0.05) is 33.1 Å². The van der Waals surface area contributed by atoms with Gasteiger partial charge in [-0.05, 0) is 18.8 Å². The number of carbonyl (C=O) groups is 1. The van der Waals surface area contributed by atoms with E-state index < -0.39 is 0 Å². The topological polar surface area (TPSA) is 46.5 Å². The van der Waals surface area contributed by atoms with Crippen LogP contribution in [0.3, 0.4) is 0 Å². The Morgan fingerprint density at radius 3 is 2.75 bits per heavy atom. The Morgan fingerprint density at radius 2 is 2.19 bits per heavy atom. The molecule has 16 heavy (non-hydrogen) atoms. The zero-order chi connectivity index (χ0) is 12.0. The number of rotatable bonds is 7. The fourth-order valence-corrected chi connectivity index (χ4v) is 2.20. The largest absolute Gasteiger partial charge is 0.465 e. The second-order valence-electron chi connectivity index (χ2n) is 5.14. The summed E-state index contributed by atoms with van der Waals surface area (Å²) in [5.74, 6) is 0.936. The molecular weight excluding hydrogens is 204 g/mol. The number of aliphatic hydroxyl groups excluding tert-OH is 1. The number of ether oxygens (including phenoxy) is 1. The average Bonchev–Trinajstić information content (AvgIpc) is 2.59. The lowest BCUT2D eigenvalue weighted by Gasteiger charge is -2.10. The molecule has 1 heterocycles. The van der Waals surface area contributed by atoms with E-state index in [4.69, 9.17) is 9.84 Å². The van der Waals surface area contributed by atoms with Crippen molar-refractivity contribution < 1.29 is 14.6 Å². The monoisotopic (exact) mass is 228 g/mol. The molecule has 0 saturated carbocycles. The summed E-state index contributed by atoms with van der Waals surface area (Å²) in [6, 6.07) is 0. The number of cyclic esters (lactones) is 1. The molecule has 0 spiro atoms. The van der Waals surface area contributed by atoms with E-state index in [2.05, 4.69) is 13.8 Å². The normalized spacial score (nSPS) is 26.8. The van der Waals surface area contributed by atoms with Gasteiger partial charge < -0.3 is 9.84 Å². The van der Waals surface area contributed by atoms with E-state index in [-0.39, 0.29) is 18.5 Å². The molecule has 1 aliphatic rings. The lowest BCUT2D eigenvalue weighted by atomic mass is 9.91. The minimum atomic E-state index is -0.00349. The third kappa shape index (κ3) is 4.12. The summed E-state index contributed by atoms with van der Waals surface area (Å²) < 4.78 is 5.02. The van der Waals surface area contributed by atoms with Gasteiger partial charge >= 0.3 is 5.97 Å². The van der Waals surface area contributed by atoms with Crippen LogP contribution in [0.4, 0.5) is 0 Å². The minimum Gasteiger partial charge on any atom is -0.465 e. The van der Waals surface area contributed by atoms with Crippen LogP contribution >= 0.6 is 0 Å². The summed E-state index contributed by atoms with van der Waals surface area (Å²) in [5, 5.41) is 8.87. The van der Waals surface area contributed by atoms with Crippen molar-refractivity contribution in [3.8, 4) is 0 Å². The molecule has 3 nitrogen and oxygen atoms in total. The maximum Gasteiger partial charge on any atom is 0.309 e. The molecule has 0 aliphatic carbocycles. The van der Waals surface area contributed by atoms with Crippen LogP contribution in [0.25, 0.3) is 0 Å². The highest BCUT2D eigenvalue weighted by atomic mass is 16.5. The molecule has 0 radical (unpaired) electrons. The van der Waals surface area contributed by atoms with Gasteiger partial charge in [0.05, 0.1) is 12.5 Å². The van der Waals surface area contributed by atoms with Gasteiger partial charge in [0.2, 0.25) is 0 Å².